The summed E-state index contributed by atoms with van der Waals surface area (Å²) >= 11 is 1.55. The van der Waals surface area contributed by atoms with Crippen molar-refractivity contribution in [1.82, 2.24) is 10.3 Å². The number of rotatable bonds is 6. The SMILES string of the molecule is CSCC(C)(O)CNC(=O)c1cccc(-c2ccccn2)c1C. The van der Waals surface area contributed by atoms with Gasteiger partial charge >= 0.3 is 0 Å². The number of nitrogens with one attached hydrogen (secondary N) is 1. The van der Waals surface area contributed by atoms with Crippen LogP contribution in [0.5, 0.6) is 0 Å². The first-order valence-electron chi connectivity index (χ1n) is 7.45. The van der Waals surface area contributed by atoms with Crippen LogP contribution in [-0.4, -0.2) is 40.2 Å². The van der Waals surface area contributed by atoms with Crippen LogP contribution < -0.4 is 5.32 Å². The fraction of sp³-hybridized carbons (Fsp3) is 0.333. The third kappa shape index (κ3) is 4.56. The second kappa shape index (κ2) is 7.62. The Morgan fingerprint density at radius 3 is 2.74 bits per heavy atom. The number of thioether (sulfide) groups is 1. The van der Waals surface area contributed by atoms with E-state index in [2.05, 4.69) is 10.3 Å². The van der Waals surface area contributed by atoms with Gasteiger partial charge in [-0.1, -0.05) is 18.2 Å². The molecule has 0 radical (unpaired) electrons. The molecule has 0 aliphatic rings. The molecule has 1 unspecified atom stereocenters. The second-order valence-electron chi connectivity index (χ2n) is 5.81. The van der Waals surface area contributed by atoms with E-state index in [0.717, 1.165) is 16.8 Å². The van der Waals surface area contributed by atoms with Gasteiger partial charge in [-0.25, -0.2) is 0 Å². The molecule has 0 aliphatic heterocycles. The normalized spacial score (nSPS) is 13.4. The molecule has 2 N–H and O–H groups in total. The van der Waals surface area contributed by atoms with Crippen LogP contribution in [0.2, 0.25) is 0 Å². The lowest BCUT2D eigenvalue weighted by Crippen LogP contribution is -2.42. The highest BCUT2D eigenvalue weighted by molar-refractivity contribution is 7.98. The first-order valence-corrected chi connectivity index (χ1v) is 8.84. The molecule has 0 saturated heterocycles. The molecule has 1 aromatic carbocycles. The zero-order chi connectivity index (χ0) is 16.9. The summed E-state index contributed by atoms with van der Waals surface area (Å²) in [5, 5.41) is 13.0. The number of pyridine rings is 1. The summed E-state index contributed by atoms with van der Waals surface area (Å²) in [6, 6.07) is 11.3. The standard InChI is InChI=1S/C18H22N2O2S/c1-13-14(16-9-4-5-10-19-16)7-6-8-15(13)17(21)20-11-18(2,22)12-23-3/h4-10,22H,11-12H2,1-3H3,(H,20,21). The van der Waals surface area contributed by atoms with Gasteiger partial charge in [0.1, 0.15) is 0 Å². The van der Waals surface area contributed by atoms with Crippen molar-refractivity contribution in [2.75, 3.05) is 18.6 Å². The topological polar surface area (TPSA) is 62.2 Å². The maximum Gasteiger partial charge on any atom is 0.251 e. The monoisotopic (exact) mass is 330 g/mol. The molecule has 122 valence electrons. The Labute approximate surface area is 141 Å². The lowest BCUT2D eigenvalue weighted by Gasteiger charge is -2.22. The van der Waals surface area contributed by atoms with Gasteiger partial charge in [0.25, 0.3) is 5.91 Å². The molecular weight excluding hydrogens is 308 g/mol. The third-order valence-corrected chi connectivity index (χ3v) is 4.51. The number of nitrogens with zero attached hydrogens (tertiary/aromatic N) is 1. The van der Waals surface area contributed by atoms with Crippen LogP contribution >= 0.6 is 11.8 Å². The molecule has 0 fully saturated rings. The minimum Gasteiger partial charge on any atom is -0.387 e. The zero-order valence-electron chi connectivity index (χ0n) is 13.7. The van der Waals surface area contributed by atoms with E-state index in [1.807, 2.05) is 43.5 Å². The van der Waals surface area contributed by atoms with Crippen LogP contribution in [0.3, 0.4) is 0 Å². The number of carbonyl (C=O) groups excluding carboxylic acids is 1. The molecular formula is C18H22N2O2S. The highest BCUT2D eigenvalue weighted by Crippen LogP contribution is 2.24. The number of hydrogen-bond acceptors (Lipinski definition) is 4. The summed E-state index contributed by atoms with van der Waals surface area (Å²) in [6.07, 6.45) is 3.66. The Morgan fingerprint density at radius 1 is 1.30 bits per heavy atom. The minimum absolute atomic E-state index is 0.179. The maximum atomic E-state index is 12.5. The molecule has 5 heteroatoms. The molecule has 4 nitrogen and oxygen atoms in total. The predicted molar refractivity (Wildman–Crippen MR) is 95.7 cm³/mol. The summed E-state index contributed by atoms with van der Waals surface area (Å²) in [4.78, 5) is 16.8. The van der Waals surface area contributed by atoms with Gasteiger partial charge in [0.2, 0.25) is 0 Å². The molecule has 0 aliphatic carbocycles. The van der Waals surface area contributed by atoms with Gasteiger partial charge in [-0.2, -0.15) is 11.8 Å². The van der Waals surface area contributed by atoms with Crippen LogP contribution in [0, 0.1) is 6.92 Å². The number of benzene rings is 1. The van der Waals surface area contributed by atoms with Crippen LogP contribution in [0.25, 0.3) is 11.3 Å². The van der Waals surface area contributed by atoms with E-state index < -0.39 is 5.60 Å². The number of amides is 1. The lowest BCUT2D eigenvalue weighted by atomic mass is 9.99. The summed E-state index contributed by atoms with van der Waals surface area (Å²) < 4.78 is 0. The van der Waals surface area contributed by atoms with Crippen molar-refractivity contribution >= 4 is 17.7 Å². The van der Waals surface area contributed by atoms with E-state index in [0.29, 0.717) is 11.3 Å². The molecule has 1 atom stereocenters. The zero-order valence-corrected chi connectivity index (χ0v) is 14.5. The van der Waals surface area contributed by atoms with E-state index in [1.165, 1.54) is 0 Å². The molecule has 1 amide bonds. The Kier molecular flexibility index (Phi) is 5.80. The average Bonchev–Trinajstić information content (AvgIpc) is 2.54. The van der Waals surface area contributed by atoms with Gasteiger partial charge in [-0.15, -0.1) is 0 Å². The predicted octanol–water partition coefficient (Wildman–Crippen LogP) is 2.90. The Hall–Kier alpha value is -1.85. The van der Waals surface area contributed by atoms with Crippen molar-refractivity contribution in [3.8, 4) is 11.3 Å². The maximum absolute atomic E-state index is 12.5. The van der Waals surface area contributed by atoms with Crippen molar-refractivity contribution < 1.29 is 9.90 Å². The summed E-state index contributed by atoms with van der Waals surface area (Å²) in [6.45, 7) is 3.86. The molecule has 0 spiro atoms. The van der Waals surface area contributed by atoms with E-state index in [1.54, 1.807) is 30.9 Å². The van der Waals surface area contributed by atoms with Crippen LogP contribution in [0.4, 0.5) is 0 Å². The first-order chi connectivity index (χ1) is 10.9. The van der Waals surface area contributed by atoms with Gasteiger partial charge < -0.3 is 10.4 Å². The highest BCUT2D eigenvalue weighted by atomic mass is 32.2. The summed E-state index contributed by atoms with van der Waals surface area (Å²) in [5.41, 5.74) is 2.35. The van der Waals surface area contributed by atoms with Gasteiger partial charge in [0, 0.05) is 29.6 Å². The van der Waals surface area contributed by atoms with Gasteiger partial charge in [0.15, 0.2) is 0 Å². The van der Waals surface area contributed by atoms with Crippen molar-refractivity contribution in [3.63, 3.8) is 0 Å². The molecule has 1 aromatic heterocycles. The fourth-order valence-corrected chi connectivity index (χ4v) is 3.13. The summed E-state index contributed by atoms with van der Waals surface area (Å²) in [7, 11) is 0. The number of carbonyl (C=O) groups is 1. The second-order valence-corrected chi connectivity index (χ2v) is 6.67. The Balaban J connectivity index is 2.19. The number of hydrogen-bond donors (Lipinski definition) is 2. The van der Waals surface area contributed by atoms with Crippen LogP contribution in [0.1, 0.15) is 22.8 Å². The molecule has 2 rings (SSSR count). The molecule has 0 saturated carbocycles. The lowest BCUT2D eigenvalue weighted by molar-refractivity contribution is 0.0724. The molecule has 0 bridgehead atoms. The van der Waals surface area contributed by atoms with Crippen molar-refractivity contribution in [2.24, 2.45) is 0 Å². The average molecular weight is 330 g/mol. The highest BCUT2D eigenvalue weighted by Gasteiger charge is 2.21. The summed E-state index contributed by atoms with van der Waals surface area (Å²) in [5.74, 6) is 0.391. The van der Waals surface area contributed by atoms with E-state index >= 15 is 0 Å². The Morgan fingerprint density at radius 2 is 2.09 bits per heavy atom. The number of aliphatic hydroxyl groups is 1. The quantitative estimate of drug-likeness (QED) is 0.855. The van der Waals surface area contributed by atoms with Crippen molar-refractivity contribution in [2.45, 2.75) is 19.4 Å². The van der Waals surface area contributed by atoms with E-state index in [9.17, 15) is 9.90 Å². The van der Waals surface area contributed by atoms with Crippen LogP contribution in [-0.2, 0) is 0 Å². The fourth-order valence-electron chi connectivity index (χ4n) is 2.41. The van der Waals surface area contributed by atoms with E-state index in [4.69, 9.17) is 0 Å². The van der Waals surface area contributed by atoms with Crippen molar-refractivity contribution in [1.29, 1.82) is 0 Å². The van der Waals surface area contributed by atoms with Crippen molar-refractivity contribution in [3.05, 3.63) is 53.7 Å². The van der Waals surface area contributed by atoms with E-state index in [-0.39, 0.29) is 12.5 Å². The van der Waals surface area contributed by atoms with Gasteiger partial charge in [-0.3, -0.25) is 9.78 Å². The molecule has 23 heavy (non-hydrogen) atoms. The van der Waals surface area contributed by atoms with Gasteiger partial charge in [0.05, 0.1) is 11.3 Å². The number of aromatic nitrogens is 1. The Bertz CT molecular complexity index is 672. The molecule has 2 aromatic rings. The first kappa shape index (κ1) is 17.5. The minimum atomic E-state index is -0.915. The molecule has 1 heterocycles. The smallest absolute Gasteiger partial charge is 0.251 e. The largest absolute Gasteiger partial charge is 0.387 e. The van der Waals surface area contributed by atoms with Crippen LogP contribution in [0.15, 0.2) is 42.6 Å². The third-order valence-electron chi connectivity index (χ3n) is 3.60. The van der Waals surface area contributed by atoms with Gasteiger partial charge in [-0.05, 0) is 43.9 Å².